The maximum Gasteiger partial charge on any atom is 0.330 e. The van der Waals surface area contributed by atoms with Gasteiger partial charge in [-0.25, -0.2) is 4.79 Å². The highest BCUT2D eigenvalue weighted by molar-refractivity contribution is 5.80. The molecule has 0 aliphatic carbocycles. The van der Waals surface area contributed by atoms with Crippen LogP contribution in [0.25, 0.3) is 0 Å². The van der Waals surface area contributed by atoms with Crippen molar-refractivity contribution in [3.8, 4) is 6.07 Å². The van der Waals surface area contributed by atoms with E-state index in [1.807, 2.05) is 24.0 Å². The van der Waals surface area contributed by atoms with Crippen LogP contribution in [-0.4, -0.2) is 38.9 Å². The monoisotopic (exact) mass is 260 g/mol. The summed E-state index contributed by atoms with van der Waals surface area (Å²) < 4.78 is 10.1. The molecule has 1 aliphatic rings. The molecular formula is C14H16N2O3. The predicted molar refractivity (Wildman–Crippen MR) is 69.9 cm³/mol. The van der Waals surface area contributed by atoms with Gasteiger partial charge in [-0.3, -0.25) is 0 Å². The highest BCUT2D eigenvalue weighted by Gasteiger charge is 2.30. The Morgan fingerprint density at radius 2 is 2.37 bits per heavy atom. The quantitative estimate of drug-likeness (QED) is 0.749. The van der Waals surface area contributed by atoms with Crippen LogP contribution in [0.2, 0.25) is 0 Å². The zero-order valence-electron chi connectivity index (χ0n) is 11.0. The molecule has 1 aliphatic heterocycles. The van der Waals surface area contributed by atoms with Crippen molar-refractivity contribution < 1.29 is 14.3 Å². The molecule has 0 N–H and O–H groups in total. The summed E-state index contributed by atoms with van der Waals surface area (Å²) in [7, 11) is 1.37. The molecular weight excluding hydrogens is 244 g/mol. The number of hydrogen-bond donors (Lipinski definition) is 0. The average molecular weight is 260 g/mol. The van der Waals surface area contributed by atoms with Crippen LogP contribution in [0.3, 0.4) is 0 Å². The van der Waals surface area contributed by atoms with Gasteiger partial charge < -0.3 is 14.4 Å². The minimum atomic E-state index is -0.425. The minimum absolute atomic E-state index is 0.304. The van der Waals surface area contributed by atoms with E-state index in [1.165, 1.54) is 7.11 Å². The van der Waals surface area contributed by atoms with Crippen LogP contribution in [0.1, 0.15) is 11.1 Å². The van der Waals surface area contributed by atoms with Crippen LogP contribution in [0.4, 0.5) is 5.69 Å². The number of morpholine rings is 1. The summed E-state index contributed by atoms with van der Waals surface area (Å²) in [5.41, 5.74) is 2.46. The lowest BCUT2D eigenvalue weighted by Crippen LogP contribution is -2.50. The minimum Gasteiger partial charge on any atom is -0.467 e. The summed E-state index contributed by atoms with van der Waals surface area (Å²) in [5.74, 6) is -0.304. The fourth-order valence-corrected chi connectivity index (χ4v) is 2.20. The van der Waals surface area contributed by atoms with Gasteiger partial charge in [0.2, 0.25) is 0 Å². The summed E-state index contributed by atoms with van der Waals surface area (Å²) in [4.78, 5) is 13.7. The molecule has 1 atom stereocenters. The Bertz CT molecular complexity index is 522. The van der Waals surface area contributed by atoms with E-state index in [2.05, 4.69) is 6.07 Å². The van der Waals surface area contributed by atoms with Gasteiger partial charge in [-0.2, -0.15) is 5.26 Å². The standard InChI is InChI=1S/C14H16N2O3/c1-10-7-12(4-3-11(10)8-15)16-5-6-19-9-13(16)14(17)18-2/h3-4,7,13H,5-6,9H2,1-2H3. The van der Waals surface area contributed by atoms with E-state index >= 15 is 0 Å². The summed E-state index contributed by atoms with van der Waals surface area (Å²) >= 11 is 0. The molecule has 0 bridgehead atoms. The van der Waals surface area contributed by atoms with Crippen molar-refractivity contribution in [1.29, 1.82) is 5.26 Å². The summed E-state index contributed by atoms with van der Waals surface area (Å²) in [5, 5.41) is 8.94. The van der Waals surface area contributed by atoms with E-state index < -0.39 is 6.04 Å². The van der Waals surface area contributed by atoms with Crippen LogP contribution in [-0.2, 0) is 14.3 Å². The number of anilines is 1. The maximum atomic E-state index is 11.8. The molecule has 1 heterocycles. The third-order valence-corrected chi connectivity index (χ3v) is 3.26. The smallest absolute Gasteiger partial charge is 0.330 e. The number of benzene rings is 1. The Hall–Kier alpha value is -2.06. The van der Waals surface area contributed by atoms with Gasteiger partial charge in [0.25, 0.3) is 0 Å². The van der Waals surface area contributed by atoms with Gasteiger partial charge in [0.1, 0.15) is 0 Å². The zero-order chi connectivity index (χ0) is 13.8. The molecule has 2 rings (SSSR count). The third-order valence-electron chi connectivity index (χ3n) is 3.26. The fourth-order valence-electron chi connectivity index (χ4n) is 2.20. The number of esters is 1. The molecule has 0 aromatic heterocycles. The first-order chi connectivity index (χ1) is 9.17. The second-order valence-electron chi connectivity index (χ2n) is 4.42. The van der Waals surface area contributed by atoms with Crippen LogP contribution in [0, 0.1) is 18.3 Å². The molecule has 0 amide bonds. The first kappa shape index (κ1) is 13.4. The Morgan fingerprint density at radius 1 is 1.58 bits per heavy atom. The third kappa shape index (κ3) is 2.69. The van der Waals surface area contributed by atoms with Crippen molar-refractivity contribution in [2.24, 2.45) is 0 Å². The van der Waals surface area contributed by atoms with Crippen molar-refractivity contribution in [1.82, 2.24) is 0 Å². The number of hydrogen-bond acceptors (Lipinski definition) is 5. The van der Waals surface area contributed by atoms with Gasteiger partial charge in [0, 0.05) is 12.2 Å². The second kappa shape index (κ2) is 5.72. The molecule has 0 saturated carbocycles. The van der Waals surface area contributed by atoms with E-state index in [0.29, 0.717) is 25.3 Å². The molecule has 100 valence electrons. The van der Waals surface area contributed by atoms with Crippen molar-refractivity contribution in [3.63, 3.8) is 0 Å². The zero-order valence-corrected chi connectivity index (χ0v) is 11.0. The maximum absolute atomic E-state index is 11.8. The fraction of sp³-hybridized carbons (Fsp3) is 0.429. The molecule has 1 aromatic rings. The largest absolute Gasteiger partial charge is 0.467 e. The number of carbonyl (C=O) groups excluding carboxylic acids is 1. The lowest BCUT2D eigenvalue weighted by molar-refractivity contribution is -0.144. The number of rotatable bonds is 2. The van der Waals surface area contributed by atoms with E-state index in [1.54, 1.807) is 6.07 Å². The number of methoxy groups -OCH3 is 1. The van der Waals surface area contributed by atoms with Gasteiger partial charge in [-0.05, 0) is 30.7 Å². The Balaban J connectivity index is 2.30. The van der Waals surface area contributed by atoms with E-state index in [4.69, 9.17) is 14.7 Å². The number of carbonyl (C=O) groups is 1. The summed E-state index contributed by atoms with van der Waals surface area (Å²) in [6.45, 7) is 3.42. The normalized spacial score (nSPS) is 18.8. The molecule has 1 saturated heterocycles. The SMILES string of the molecule is COC(=O)C1COCCN1c1ccc(C#N)c(C)c1. The molecule has 19 heavy (non-hydrogen) atoms. The molecule has 5 nitrogen and oxygen atoms in total. The van der Waals surface area contributed by atoms with Gasteiger partial charge in [0.05, 0.1) is 32.0 Å². The highest BCUT2D eigenvalue weighted by atomic mass is 16.5. The van der Waals surface area contributed by atoms with Crippen molar-refractivity contribution in [2.45, 2.75) is 13.0 Å². The molecule has 1 unspecified atom stereocenters. The molecule has 1 fully saturated rings. The Morgan fingerprint density at radius 3 is 3.00 bits per heavy atom. The van der Waals surface area contributed by atoms with E-state index in [-0.39, 0.29) is 5.97 Å². The Kier molecular flexibility index (Phi) is 4.03. The van der Waals surface area contributed by atoms with Crippen molar-refractivity contribution in [2.75, 3.05) is 31.8 Å². The topological polar surface area (TPSA) is 62.6 Å². The second-order valence-corrected chi connectivity index (χ2v) is 4.42. The number of ether oxygens (including phenoxy) is 2. The molecule has 5 heteroatoms. The van der Waals surface area contributed by atoms with Gasteiger partial charge in [-0.1, -0.05) is 0 Å². The van der Waals surface area contributed by atoms with Gasteiger partial charge in [0.15, 0.2) is 6.04 Å². The van der Waals surface area contributed by atoms with Crippen LogP contribution >= 0.6 is 0 Å². The molecule has 0 spiro atoms. The van der Waals surface area contributed by atoms with Gasteiger partial charge >= 0.3 is 5.97 Å². The number of nitrogens with zero attached hydrogens (tertiary/aromatic N) is 2. The van der Waals surface area contributed by atoms with Crippen LogP contribution in [0.15, 0.2) is 18.2 Å². The van der Waals surface area contributed by atoms with Crippen LogP contribution in [0.5, 0.6) is 0 Å². The molecule has 0 radical (unpaired) electrons. The number of nitriles is 1. The van der Waals surface area contributed by atoms with E-state index in [9.17, 15) is 4.79 Å². The lowest BCUT2D eigenvalue weighted by atomic mass is 10.1. The average Bonchev–Trinajstić information content (AvgIpc) is 2.46. The van der Waals surface area contributed by atoms with Gasteiger partial charge in [-0.15, -0.1) is 0 Å². The summed E-state index contributed by atoms with van der Waals surface area (Å²) in [6, 6.07) is 7.25. The highest BCUT2D eigenvalue weighted by Crippen LogP contribution is 2.23. The molecule has 1 aromatic carbocycles. The number of aryl methyl sites for hydroxylation is 1. The van der Waals surface area contributed by atoms with Crippen molar-refractivity contribution >= 4 is 11.7 Å². The Labute approximate surface area is 112 Å². The first-order valence-corrected chi connectivity index (χ1v) is 6.10. The lowest BCUT2D eigenvalue weighted by Gasteiger charge is -2.35. The van der Waals surface area contributed by atoms with Crippen molar-refractivity contribution in [3.05, 3.63) is 29.3 Å². The first-order valence-electron chi connectivity index (χ1n) is 6.10. The van der Waals surface area contributed by atoms with E-state index in [0.717, 1.165) is 11.3 Å². The summed E-state index contributed by atoms with van der Waals surface area (Å²) in [6.07, 6.45) is 0. The van der Waals surface area contributed by atoms with Crippen LogP contribution < -0.4 is 4.90 Å². The predicted octanol–water partition coefficient (Wildman–Crippen LogP) is 1.24.